The van der Waals surface area contributed by atoms with Crippen molar-refractivity contribution in [3.8, 4) is 22.6 Å². The monoisotopic (exact) mass is 489 g/mol. The zero-order valence-corrected chi connectivity index (χ0v) is 19.6. The third-order valence-electron chi connectivity index (χ3n) is 6.47. The van der Waals surface area contributed by atoms with E-state index in [0.29, 0.717) is 43.4 Å². The lowest BCUT2D eigenvalue weighted by molar-refractivity contribution is 0.0115. The highest BCUT2D eigenvalue weighted by Gasteiger charge is 2.37. The zero-order chi connectivity index (χ0) is 24.7. The van der Waals surface area contributed by atoms with Crippen molar-refractivity contribution in [2.45, 2.75) is 18.9 Å². The lowest BCUT2D eigenvalue weighted by Crippen LogP contribution is -2.24. The smallest absolute Gasteiger partial charge is 0.261 e. The molecule has 0 unspecified atom stereocenters. The molecule has 1 fully saturated rings. The minimum absolute atomic E-state index is 0.0930. The van der Waals surface area contributed by atoms with Crippen LogP contribution in [0.25, 0.3) is 27.7 Å². The molecule has 1 saturated heterocycles. The Hall–Kier alpha value is -3.98. The van der Waals surface area contributed by atoms with Crippen LogP contribution in [0.3, 0.4) is 0 Å². The molecular formula is C27H25F2N5O2. The molecular weight excluding hydrogens is 464 g/mol. The maximum atomic E-state index is 13.6. The van der Waals surface area contributed by atoms with E-state index in [1.165, 1.54) is 0 Å². The number of likely N-dealkylation sites (tertiary alicyclic amines) is 1. The van der Waals surface area contributed by atoms with Gasteiger partial charge in [0.2, 0.25) is 0 Å². The van der Waals surface area contributed by atoms with E-state index >= 15 is 0 Å². The van der Waals surface area contributed by atoms with Crippen LogP contribution < -0.4 is 14.8 Å². The Morgan fingerprint density at radius 3 is 2.75 bits per heavy atom. The van der Waals surface area contributed by atoms with Crippen LogP contribution in [-0.4, -0.2) is 52.3 Å². The number of hydrogen-bond donors (Lipinski definition) is 2. The number of nitrogens with zero attached hydrogens (tertiary/aromatic N) is 3. The van der Waals surface area contributed by atoms with E-state index in [-0.39, 0.29) is 13.0 Å². The van der Waals surface area contributed by atoms with Gasteiger partial charge in [0.1, 0.15) is 18.9 Å². The molecule has 0 saturated carbocycles. The van der Waals surface area contributed by atoms with E-state index in [4.69, 9.17) is 9.47 Å². The van der Waals surface area contributed by atoms with Crippen LogP contribution in [0, 0.1) is 0 Å². The first-order chi connectivity index (χ1) is 17.4. The number of hydrogen-bond acceptors (Lipinski definition) is 6. The van der Waals surface area contributed by atoms with Gasteiger partial charge in [-0.1, -0.05) is 12.6 Å². The molecule has 0 amide bonds. The van der Waals surface area contributed by atoms with Gasteiger partial charge in [-0.25, -0.2) is 8.78 Å². The number of anilines is 1. The summed E-state index contributed by atoms with van der Waals surface area (Å²) in [5, 5.41) is 11.8. The summed E-state index contributed by atoms with van der Waals surface area (Å²) in [6, 6.07) is 13.7. The summed E-state index contributed by atoms with van der Waals surface area (Å²) >= 11 is 0. The Labute approximate surface area is 206 Å². The SMILES string of the molecule is C=C(Nc1ccc2c(c1)OCCO2)c1n[nH]c2ccc(-c3cncc(CN4CCC(F)(F)C4)c3)cc12. The fourth-order valence-corrected chi connectivity index (χ4v) is 4.71. The Bertz CT molecular complexity index is 1450. The van der Waals surface area contributed by atoms with Crippen LogP contribution in [0.2, 0.25) is 0 Å². The molecule has 9 heteroatoms. The highest BCUT2D eigenvalue weighted by molar-refractivity contribution is 5.95. The molecule has 4 heterocycles. The normalized spacial score (nSPS) is 16.8. The van der Waals surface area contributed by atoms with Crippen LogP contribution in [0.5, 0.6) is 11.5 Å². The van der Waals surface area contributed by atoms with Crippen LogP contribution in [-0.2, 0) is 6.54 Å². The second-order valence-electron chi connectivity index (χ2n) is 9.19. The second kappa shape index (κ2) is 8.91. The number of aromatic nitrogens is 3. The highest BCUT2D eigenvalue weighted by atomic mass is 19.3. The summed E-state index contributed by atoms with van der Waals surface area (Å²) in [7, 11) is 0. The van der Waals surface area contributed by atoms with E-state index in [0.717, 1.165) is 39.0 Å². The summed E-state index contributed by atoms with van der Waals surface area (Å²) in [5.74, 6) is -1.19. The Morgan fingerprint density at radius 2 is 1.92 bits per heavy atom. The molecule has 0 bridgehead atoms. The molecule has 2 aromatic heterocycles. The first-order valence-corrected chi connectivity index (χ1v) is 11.8. The Morgan fingerprint density at radius 1 is 1.06 bits per heavy atom. The van der Waals surface area contributed by atoms with Crippen molar-refractivity contribution in [2.75, 3.05) is 31.6 Å². The van der Waals surface area contributed by atoms with Gasteiger partial charge < -0.3 is 14.8 Å². The minimum Gasteiger partial charge on any atom is -0.486 e. The van der Waals surface area contributed by atoms with Gasteiger partial charge in [-0.05, 0) is 41.5 Å². The minimum atomic E-state index is -2.61. The fraction of sp³-hybridized carbons (Fsp3) is 0.259. The molecule has 7 nitrogen and oxygen atoms in total. The van der Waals surface area contributed by atoms with Gasteiger partial charge in [0.15, 0.2) is 11.5 Å². The van der Waals surface area contributed by atoms with E-state index in [1.807, 2.05) is 42.5 Å². The summed E-state index contributed by atoms with van der Waals surface area (Å²) in [6.07, 6.45) is 3.43. The molecule has 0 radical (unpaired) electrons. The van der Waals surface area contributed by atoms with Crippen molar-refractivity contribution in [3.05, 3.63) is 72.7 Å². The molecule has 0 atom stereocenters. The van der Waals surface area contributed by atoms with Gasteiger partial charge in [0.05, 0.1) is 17.8 Å². The summed E-state index contributed by atoms with van der Waals surface area (Å²) < 4.78 is 38.4. The first-order valence-electron chi connectivity index (χ1n) is 11.8. The standard InChI is InChI=1S/C27H25F2N5O2/c1-17(31-21-3-5-24-25(12-21)36-9-8-35-24)26-22-11-19(2-4-23(22)32-33-26)20-10-18(13-30-14-20)15-34-7-6-27(28,29)16-34/h2-5,10-14,31H,1,6-9,15-16H2,(H,32,33). The van der Waals surface area contributed by atoms with Gasteiger partial charge in [-0.2, -0.15) is 5.10 Å². The number of fused-ring (bicyclic) bond motifs is 2. The molecule has 36 heavy (non-hydrogen) atoms. The molecule has 2 aliphatic heterocycles. The molecule has 6 rings (SSSR count). The average Bonchev–Trinajstić information content (AvgIpc) is 3.46. The number of aromatic amines is 1. The number of halogens is 2. The van der Waals surface area contributed by atoms with Crippen LogP contribution in [0.4, 0.5) is 14.5 Å². The van der Waals surface area contributed by atoms with Gasteiger partial charge in [0, 0.05) is 54.6 Å². The van der Waals surface area contributed by atoms with Gasteiger partial charge in [0.25, 0.3) is 5.92 Å². The predicted octanol–water partition coefficient (Wildman–Crippen LogP) is 5.32. The average molecular weight is 490 g/mol. The lowest BCUT2D eigenvalue weighted by Gasteiger charge is -2.19. The lowest BCUT2D eigenvalue weighted by atomic mass is 10.0. The van der Waals surface area contributed by atoms with Crippen molar-refractivity contribution in [2.24, 2.45) is 0 Å². The third-order valence-corrected chi connectivity index (χ3v) is 6.47. The maximum Gasteiger partial charge on any atom is 0.261 e. The van der Waals surface area contributed by atoms with Crippen molar-refractivity contribution in [1.82, 2.24) is 20.1 Å². The summed E-state index contributed by atoms with van der Waals surface area (Å²) in [6.45, 7) is 5.89. The van der Waals surface area contributed by atoms with Crippen LogP contribution in [0.1, 0.15) is 17.7 Å². The topological polar surface area (TPSA) is 75.3 Å². The molecule has 2 aliphatic rings. The van der Waals surface area contributed by atoms with Gasteiger partial charge in [-0.15, -0.1) is 0 Å². The number of nitrogens with one attached hydrogen (secondary N) is 2. The second-order valence-corrected chi connectivity index (χ2v) is 9.19. The Kier molecular flexibility index (Phi) is 5.56. The summed E-state index contributed by atoms with van der Waals surface area (Å²) in [5.41, 5.74) is 5.81. The van der Waals surface area contributed by atoms with Crippen LogP contribution in [0.15, 0.2) is 61.4 Å². The fourth-order valence-electron chi connectivity index (χ4n) is 4.71. The number of H-pyrrole nitrogens is 1. The highest BCUT2D eigenvalue weighted by Crippen LogP contribution is 2.35. The first kappa shape index (κ1) is 22.5. The Balaban J connectivity index is 1.24. The third kappa shape index (κ3) is 4.49. The molecule has 184 valence electrons. The van der Waals surface area contributed by atoms with E-state index in [9.17, 15) is 8.78 Å². The maximum absolute atomic E-state index is 13.6. The quantitative estimate of drug-likeness (QED) is 0.382. The molecule has 0 aliphatic carbocycles. The van der Waals surface area contributed by atoms with E-state index in [2.05, 4.69) is 27.1 Å². The van der Waals surface area contributed by atoms with Crippen molar-refractivity contribution in [1.29, 1.82) is 0 Å². The number of ether oxygens (including phenoxy) is 2. The predicted molar refractivity (Wildman–Crippen MR) is 134 cm³/mol. The zero-order valence-electron chi connectivity index (χ0n) is 19.6. The largest absolute Gasteiger partial charge is 0.486 e. The van der Waals surface area contributed by atoms with E-state index < -0.39 is 5.92 Å². The number of rotatable bonds is 6. The van der Waals surface area contributed by atoms with Gasteiger partial charge in [-0.3, -0.25) is 15.0 Å². The van der Waals surface area contributed by atoms with E-state index in [1.54, 1.807) is 17.3 Å². The van der Waals surface area contributed by atoms with Gasteiger partial charge >= 0.3 is 0 Å². The van der Waals surface area contributed by atoms with Crippen molar-refractivity contribution < 1.29 is 18.3 Å². The van der Waals surface area contributed by atoms with Crippen molar-refractivity contribution >= 4 is 22.3 Å². The summed E-state index contributed by atoms with van der Waals surface area (Å²) in [4.78, 5) is 6.14. The molecule has 2 N–H and O–H groups in total. The number of alkyl halides is 2. The molecule has 4 aromatic rings. The number of pyridine rings is 1. The number of benzene rings is 2. The van der Waals surface area contributed by atoms with Crippen molar-refractivity contribution in [3.63, 3.8) is 0 Å². The molecule has 2 aromatic carbocycles. The molecule has 0 spiro atoms. The van der Waals surface area contributed by atoms with Crippen LogP contribution >= 0.6 is 0 Å².